The van der Waals surface area contributed by atoms with Gasteiger partial charge in [-0.25, -0.2) is 4.52 Å². The molecule has 2 aliphatic rings. The van der Waals surface area contributed by atoms with Gasteiger partial charge in [-0.1, -0.05) is 6.92 Å². The van der Waals surface area contributed by atoms with E-state index >= 15 is 0 Å². The van der Waals surface area contributed by atoms with E-state index in [1.165, 1.54) is 5.69 Å². The Bertz CT molecular complexity index is 772. The second kappa shape index (κ2) is 6.00. The Balaban J connectivity index is 1.68. The minimum Gasteiger partial charge on any atom is -0.399 e. The Morgan fingerprint density at radius 1 is 1.24 bits per heavy atom. The lowest BCUT2D eigenvalue weighted by Gasteiger charge is -2.35. The normalized spacial score (nSPS) is 26.6. The van der Waals surface area contributed by atoms with E-state index in [1.54, 1.807) is 0 Å². The molecule has 0 bridgehead atoms. The molecule has 0 saturated carbocycles. The molecular formula is C18H27BN4O2. The first-order chi connectivity index (χ1) is 11.9. The summed E-state index contributed by atoms with van der Waals surface area (Å²) >= 11 is 0. The maximum Gasteiger partial charge on any atom is 0.496 e. The van der Waals surface area contributed by atoms with Gasteiger partial charge in [-0.3, -0.25) is 0 Å². The molecule has 0 spiro atoms. The van der Waals surface area contributed by atoms with Gasteiger partial charge in [-0.2, -0.15) is 5.10 Å². The highest BCUT2D eigenvalue weighted by molar-refractivity contribution is 6.62. The first-order valence-corrected chi connectivity index (χ1v) is 9.22. The number of hydrogen-bond acceptors (Lipinski definition) is 5. The number of nitrogens with one attached hydrogen (secondary N) is 1. The van der Waals surface area contributed by atoms with Gasteiger partial charge in [0.05, 0.1) is 22.4 Å². The van der Waals surface area contributed by atoms with Crippen molar-refractivity contribution in [3.05, 3.63) is 24.5 Å². The Morgan fingerprint density at radius 2 is 2.00 bits per heavy atom. The first-order valence-electron chi connectivity index (χ1n) is 9.22. The standard InChI is InChI=1S/C18H27BN4O2/c1-5-18(4)17(2,3)24-19(25-18)14-12-16-15(6-7-21-23(16)13-14)22-10-8-20-9-11-22/h6-7,12-13,20H,5,8-11H2,1-4H3. The van der Waals surface area contributed by atoms with Crippen LogP contribution in [0.3, 0.4) is 0 Å². The van der Waals surface area contributed by atoms with E-state index in [0.29, 0.717) is 0 Å². The predicted molar refractivity (Wildman–Crippen MR) is 101 cm³/mol. The van der Waals surface area contributed by atoms with Crippen molar-refractivity contribution in [2.75, 3.05) is 31.1 Å². The molecule has 6 nitrogen and oxygen atoms in total. The van der Waals surface area contributed by atoms with E-state index in [1.807, 2.05) is 16.9 Å². The molecular weight excluding hydrogens is 315 g/mol. The van der Waals surface area contributed by atoms with Crippen LogP contribution in [0.2, 0.25) is 0 Å². The number of hydrogen-bond donors (Lipinski definition) is 1. The monoisotopic (exact) mass is 342 g/mol. The average Bonchev–Trinajstić information content (AvgIpc) is 3.15. The van der Waals surface area contributed by atoms with E-state index in [-0.39, 0.29) is 18.3 Å². The third-order valence-electron chi connectivity index (χ3n) is 5.95. The van der Waals surface area contributed by atoms with Gasteiger partial charge in [0.25, 0.3) is 0 Å². The van der Waals surface area contributed by atoms with Crippen LogP contribution in [-0.4, -0.2) is 54.1 Å². The highest BCUT2D eigenvalue weighted by atomic mass is 16.7. The van der Waals surface area contributed by atoms with Gasteiger partial charge < -0.3 is 19.5 Å². The topological polar surface area (TPSA) is 51.0 Å². The molecule has 1 unspecified atom stereocenters. The molecule has 2 saturated heterocycles. The molecule has 7 heteroatoms. The Morgan fingerprint density at radius 3 is 2.68 bits per heavy atom. The number of aromatic nitrogens is 2. The van der Waals surface area contributed by atoms with Crippen molar-refractivity contribution in [1.29, 1.82) is 0 Å². The van der Waals surface area contributed by atoms with Gasteiger partial charge >= 0.3 is 7.12 Å². The van der Waals surface area contributed by atoms with Crippen LogP contribution in [0.15, 0.2) is 24.5 Å². The third-order valence-corrected chi connectivity index (χ3v) is 5.95. The average molecular weight is 342 g/mol. The molecule has 2 aromatic heterocycles. The summed E-state index contributed by atoms with van der Waals surface area (Å²) in [6, 6.07) is 4.26. The fraction of sp³-hybridized carbons (Fsp3) is 0.611. The fourth-order valence-electron chi connectivity index (χ4n) is 3.76. The number of rotatable bonds is 3. The molecule has 0 aliphatic carbocycles. The molecule has 1 atom stereocenters. The quantitative estimate of drug-likeness (QED) is 0.856. The highest BCUT2D eigenvalue weighted by Gasteiger charge is 2.53. The lowest BCUT2D eigenvalue weighted by atomic mass is 9.81. The van der Waals surface area contributed by atoms with Crippen LogP contribution >= 0.6 is 0 Å². The summed E-state index contributed by atoms with van der Waals surface area (Å²) in [6.45, 7) is 12.5. The Hall–Kier alpha value is -1.57. The van der Waals surface area contributed by atoms with Crippen molar-refractivity contribution in [1.82, 2.24) is 14.9 Å². The van der Waals surface area contributed by atoms with Crippen LogP contribution in [0, 0.1) is 0 Å². The van der Waals surface area contributed by atoms with Gasteiger partial charge in [-0.05, 0) is 39.3 Å². The maximum atomic E-state index is 6.33. The van der Waals surface area contributed by atoms with Crippen molar-refractivity contribution >= 4 is 23.8 Å². The number of fused-ring (bicyclic) bond motifs is 1. The maximum absolute atomic E-state index is 6.33. The summed E-state index contributed by atoms with van der Waals surface area (Å²) in [5.41, 5.74) is 2.74. The lowest BCUT2D eigenvalue weighted by molar-refractivity contribution is -0.0118. The van der Waals surface area contributed by atoms with E-state index < -0.39 is 0 Å². The SMILES string of the molecule is CCC1(C)OB(c2cc3c(N4CCNCC4)ccnn3c2)OC1(C)C. The minimum atomic E-state index is -0.350. The van der Waals surface area contributed by atoms with E-state index in [0.717, 1.165) is 43.6 Å². The molecule has 134 valence electrons. The van der Waals surface area contributed by atoms with Crippen LogP contribution in [0.4, 0.5) is 5.69 Å². The van der Waals surface area contributed by atoms with Crippen LogP contribution in [0.5, 0.6) is 0 Å². The fourth-order valence-corrected chi connectivity index (χ4v) is 3.76. The number of piperazine rings is 1. The first kappa shape index (κ1) is 16.9. The van der Waals surface area contributed by atoms with Gasteiger partial charge in [0.1, 0.15) is 0 Å². The minimum absolute atomic E-state index is 0.291. The number of anilines is 1. The second-order valence-electron chi connectivity index (χ2n) is 7.72. The molecule has 2 aromatic rings. The highest BCUT2D eigenvalue weighted by Crippen LogP contribution is 2.39. The van der Waals surface area contributed by atoms with Crippen LogP contribution < -0.4 is 15.7 Å². The molecule has 1 N–H and O–H groups in total. The van der Waals surface area contributed by atoms with Crippen LogP contribution in [0.1, 0.15) is 34.1 Å². The van der Waals surface area contributed by atoms with Crippen LogP contribution in [-0.2, 0) is 9.31 Å². The second-order valence-corrected chi connectivity index (χ2v) is 7.72. The Kier molecular flexibility index (Phi) is 4.05. The summed E-state index contributed by atoms with van der Waals surface area (Å²) < 4.78 is 14.5. The predicted octanol–water partition coefficient (Wildman–Crippen LogP) is 1.43. The smallest absolute Gasteiger partial charge is 0.399 e. The van der Waals surface area contributed by atoms with Gasteiger partial charge in [0.2, 0.25) is 0 Å². The van der Waals surface area contributed by atoms with Crippen molar-refractivity contribution in [2.45, 2.75) is 45.3 Å². The summed E-state index contributed by atoms with van der Waals surface area (Å²) in [5.74, 6) is 0. The van der Waals surface area contributed by atoms with Crippen molar-refractivity contribution < 1.29 is 9.31 Å². The van der Waals surface area contributed by atoms with E-state index in [9.17, 15) is 0 Å². The lowest BCUT2D eigenvalue weighted by Crippen LogP contribution is -2.44. The molecule has 2 fully saturated rings. The molecule has 4 rings (SSSR count). The molecule has 0 aromatic carbocycles. The summed E-state index contributed by atoms with van der Waals surface area (Å²) in [5, 5.41) is 7.89. The molecule has 2 aliphatic heterocycles. The molecule has 0 amide bonds. The van der Waals surface area contributed by atoms with Crippen molar-refractivity contribution in [3.63, 3.8) is 0 Å². The zero-order valence-electron chi connectivity index (χ0n) is 15.6. The zero-order valence-corrected chi connectivity index (χ0v) is 15.6. The Labute approximate surface area is 149 Å². The molecule has 25 heavy (non-hydrogen) atoms. The molecule has 4 heterocycles. The van der Waals surface area contributed by atoms with Crippen LogP contribution in [0.25, 0.3) is 5.52 Å². The van der Waals surface area contributed by atoms with Crippen molar-refractivity contribution in [2.24, 2.45) is 0 Å². The van der Waals surface area contributed by atoms with Gasteiger partial charge in [0.15, 0.2) is 0 Å². The zero-order chi connectivity index (χ0) is 17.7. The summed E-state index contributed by atoms with van der Waals surface area (Å²) in [6.07, 6.45) is 4.81. The summed E-state index contributed by atoms with van der Waals surface area (Å²) in [4.78, 5) is 2.41. The largest absolute Gasteiger partial charge is 0.496 e. The molecule has 0 radical (unpaired) electrons. The third kappa shape index (κ3) is 2.74. The van der Waals surface area contributed by atoms with Gasteiger partial charge in [-0.15, -0.1) is 0 Å². The van der Waals surface area contributed by atoms with E-state index in [4.69, 9.17) is 9.31 Å². The number of nitrogens with zero attached hydrogens (tertiary/aromatic N) is 3. The van der Waals surface area contributed by atoms with E-state index in [2.05, 4.69) is 55.1 Å². The van der Waals surface area contributed by atoms with Crippen molar-refractivity contribution in [3.8, 4) is 0 Å². The van der Waals surface area contributed by atoms with Gasteiger partial charge in [0, 0.05) is 44.0 Å². The summed E-state index contributed by atoms with van der Waals surface area (Å²) in [7, 11) is -0.350.